The lowest BCUT2D eigenvalue weighted by Crippen LogP contribution is -2.14. The number of hydrogen-bond donors (Lipinski definition) is 1. The lowest BCUT2D eigenvalue weighted by atomic mass is 10.1. The normalized spacial score (nSPS) is 10.7. The summed E-state index contributed by atoms with van der Waals surface area (Å²) in [5, 5.41) is 14.2. The number of nitrogens with one attached hydrogen (secondary N) is 1. The zero-order valence-corrected chi connectivity index (χ0v) is 13.2. The third-order valence-electron chi connectivity index (χ3n) is 3.25. The quantitative estimate of drug-likeness (QED) is 0.404. The first kappa shape index (κ1) is 17.0. The molecule has 1 N–H and O–H groups in total. The molecule has 0 aliphatic rings. The van der Waals surface area contributed by atoms with Gasteiger partial charge in [-0.1, -0.05) is 25.0 Å². The van der Waals surface area contributed by atoms with Crippen LogP contribution in [0.3, 0.4) is 0 Å². The van der Waals surface area contributed by atoms with Crippen LogP contribution in [0.2, 0.25) is 0 Å². The van der Waals surface area contributed by atoms with Gasteiger partial charge in [-0.25, -0.2) is 0 Å². The van der Waals surface area contributed by atoms with Crippen LogP contribution in [0.5, 0.6) is 0 Å². The molecule has 0 spiro atoms. The van der Waals surface area contributed by atoms with E-state index in [2.05, 4.69) is 11.6 Å². The van der Waals surface area contributed by atoms with E-state index in [1.165, 1.54) is 31.4 Å². The standard InChI is InChI=1S/C15H24N2O2S/c1-13-7-8-14(11-15(13)17(18)19)12-16-9-5-3-4-6-10-20-2/h7-8,11,16H,3-6,9-10,12H2,1-2H3. The molecule has 1 aromatic carbocycles. The predicted molar refractivity (Wildman–Crippen MR) is 86.4 cm³/mol. The molecule has 0 saturated carbocycles. The van der Waals surface area contributed by atoms with Crippen LogP contribution < -0.4 is 5.32 Å². The molecule has 112 valence electrons. The lowest BCUT2D eigenvalue weighted by Gasteiger charge is -2.06. The molecule has 0 fully saturated rings. The first-order valence-corrected chi connectivity index (χ1v) is 8.48. The molecule has 0 aliphatic heterocycles. The van der Waals surface area contributed by atoms with E-state index >= 15 is 0 Å². The second-order valence-corrected chi connectivity index (χ2v) is 5.95. The molecule has 0 amide bonds. The first-order valence-electron chi connectivity index (χ1n) is 7.08. The van der Waals surface area contributed by atoms with E-state index < -0.39 is 0 Å². The van der Waals surface area contributed by atoms with Gasteiger partial charge < -0.3 is 5.32 Å². The van der Waals surface area contributed by atoms with Crippen molar-refractivity contribution in [2.24, 2.45) is 0 Å². The number of hydrogen-bond acceptors (Lipinski definition) is 4. The molecular formula is C15H24N2O2S. The van der Waals surface area contributed by atoms with Crippen LogP contribution in [0.4, 0.5) is 5.69 Å². The van der Waals surface area contributed by atoms with Crippen LogP contribution in [0.15, 0.2) is 18.2 Å². The fourth-order valence-corrected chi connectivity index (χ4v) is 2.54. The summed E-state index contributed by atoms with van der Waals surface area (Å²) in [6.45, 7) is 3.44. The molecule has 4 nitrogen and oxygen atoms in total. The molecule has 0 heterocycles. The molecular weight excluding hydrogens is 272 g/mol. The Kier molecular flexibility index (Phi) is 8.30. The number of benzene rings is 1. The molecule has 0 atom stereocenters. The number of aryl methyl sites for hydroxylation is 1. The van der Waals surface area contributed by atoms with Gasteiger partial charge in [0.15, 0.2) is 0 Å². The summed E-state index contributed by atoms with van der Waals surface area (Å²) < 4.78 is 0. The fourth-order valence-electron chi connectivity index (χ4n) is 2.04. The number of rotatable bonds is 10. The SMILES string of the molecule is CSCCCCCCNCc1ccc(C)c([N+](=O)[O-])c1. The Balaban J connectivity index is 2.22. The largest absolute Gasteiger partial charge is 0.313 e. The van der Waals surface area contributed by atoms with Crippen molar-refractivity contribution in [1.82, 2.24) is 5.32 Å². The Morgan fingerprint density at radius 1 is 1.25 bits per heavy atom. The van der Waals surface area contributed by atoms with Crippen molar-refractivity contribution in [2.45, 2.75) is 39.2 Å². The molecule has 20 heavy (non-hydrogen) atoms. The Morgan fingerprint density at radius 2 is 2.00 bits per heavy atom. The van der Waals surface area contributed by atoms with Crippen molar-refractivity contribution >= 4 is 17.4 Å². The van der Waals surface area contributed by atoms with Crippen LogP contribution in [0, 0.1) is 17.0 Å². The second-order valence-electron chi connectivity index (χ2n) is 4.96. The maximum absolute atomic E-state index is 10.9. The van der Waals surface area contributed by atoms with E-state index in [-0.39, 0.29) is 10.6 Å². The van der Waals surface area contributed by atoms with Crippen molar-refractivity contribution in [2.75, 3.05) is 18.6 Å². The van der Waals surface area contributed by atoms with E-state index in [1.807, 2.05) is 23.9 Å². The summed E-state index contributed by atoms with van der Waals surface area (Å²) >= 11 is 1.90. The van der Waals surface area contributed by atoms with Crippen LogP contribution in [-0.4, -0.2) is 23.5 Å². The first-order chi connectivity index (χ1) is 9.65. The minimum absolute atomic E-state index is 0.210. The third kappa shape index (κ3) is 6.39. The lowest BCUT2D eigenvalue weighted by molar-refractivity contribution is -0.385. The van der Waals surface area contributed by atoms with Crippen molar-refractivity contribution in [3.8, 4) is 0 Å². The molecule has 0 bridgehead atoms. The van der Waals surface area contributed by atoms with Gasteiger partial charge in [0.2, 0.25) is 0 Å². The Labute approximate surface area is 125 Å². The average Bonchev–Trinajstić information content (AvgIpc) is 2.43. The van der Waals surface area contributed by atoms with E-state index in [1.54, 1.807) is 13.0 Å². The number of nitrogens with zero attached hydrogens (tertiary/aromatic N) is 1. The van der Waals surface area contributed by atoms with Gasteiger partial charge in [0.25, 0.3) is 5.69 Å². The number of nitro groups is 1. The minimum atomic E-state index is -0.315. The van der Waals surface area contributed by atoms with Crippen LogP contribution in [0.25, 0.3) is 0 Å². The smallest absolute Gasteiger partial charge is 0.272 e. The zero-order chi connectivity index (χ0) is 14.8. The Hall–Kier alpha value is -1.07. The summed E-state index contributed by atoms with van der Waals surface area (Å²) in [5.41, 5.74) is 1.90. The van der Waals surface area contributed by atoms with Gasteiger partial charge in [-0.05, 0) is 43.9 Å². The fraction of sp³-hybridized carbons (Fsp3) is 0.600. The van der Waals surface area contributed by atoms with E-state index in [9.17, 15) is 10.1 Å². The molecule has 0 aliphatic carbocycles. The number of thioether (sulfide) groups is 1. The molecule has 0 unspecified atom stereocenters. The highest BCUT2D eigenvalue weighted by Gasteiger charge is 2.10. The summed E-state index contributed by atoms with van der Waals surface area (Å²) in [6.07, 6.45) is 7.15. The number of unbranched alkanes of at least 4 members (excludes halogenated alkanes) is 3. The van der Waals surface area contributed by atoms with Crippen molar-refractivity contribution in [3.05, 3.63) is 39.4 Å². The van der Waals surface area contributed by atoms with Crippen LogP contribution in [-0.2, 0) is 6.54 Å². The molecule has 1 rings (SSSR count). The van der Waals surface area contributed by atoms with Crippen LogP contribution in [0.1, 0.15) is 36.8 Å². The highest BCUT2D eigenvalue weighted by Crippen LogP contribution is 2.19. The molecule has 0 aromatic heterocycles. The van der Waals surface area contributed by atoms with Crippen molar-refractivity contribution < 1.29 is 4.92 Å². The zero-order valence-electron chi connectivity index (χ0n) is 12.4. The molecule has 5 heteroatoms. The highest BCUT2D eigenvalue weighted by molar-refractivity contribution is 7.98. The van der Waals surface area contributed by atoms with Gasteiger partial charge in [-0.2, -0.15) is 11.8 Å². The molecule has 0 radical (unpaired) electrons. The second kappa shape index (κ2) is 9.77. The summed E-state index contributed by atoms with van der Waals surface area (Å²) in [4.78, 5) is 10.5. The highest BCUT2D eigenvalue weighted by atomic mass is 32.2. The van der Waals surface area contributed by atoms with Crippen LogP contribution >= 0.6 is 11.8 Å². The minimum Gasteiger partial charge on any atom is -0.313 e. The average molecular weight is 296 g/mol. The Morgan fingerprint density at radius 3 is 2.70 bits per heavy atom. The van der Waals surface area contributed by atoms with Gasteiger partial charge >= 0.3 is 0 Å². The van der Waals surface area contributed by atoms with Gasteiger partial charge in [0, 0.05) is 18.2 Å². The van der Waals surface area contributed by atoms with E-state index in [0.29, 0.717) is 12.1 Å². The molecule has 1 aromatic rings. The van der Waals surface area contributed by atoms with Gasteiger partial charge in [0.05, 0.1) is 4.92 Å². The van der Waals surface area contributed by atoms with Gasteiger partial charge in [-0.3, -0.25) is 10.1 Å². The van der Waals surface area contributed by atoms with Crippen molar-refractivity contribution in [1.29, 1.82) is 0 Å². The maximum atomic E-state index is 10.9. The monoisotopic (exact) mass is 296 g/mol. The summed E-state index contributed by atoms with van der Waals surface area (Å²) in [7, 11) is 0. The molecule has 0 saturated heterocycles. The Bertz CT molecular complexity index is 424. The number of nitro benzene ring substituents is 1. The maximum Gasteiger partial charge on any atom is 0.272 e. The van der Waals surface area contributed by atoms with E-state index in [4.69, 9.17) is 0 Å². The van der Waals surface area contributed by atoms with Gasteiger partial charge in [0.1, 0.15) is 0 Å². The topological polar surface area (TPSA) is 55.2 Å². The predicted octanol–water partition coefficient (Wildman–Crippen LogP) is 3.92. The summed E-state index contributed by atoms with van der Waals surface area (Å²) in [6, 6.07) is 5.44. The summed E-state index contributed by atoms with van der Waals surface area (Å²) in [5.74, 6) is 1.25. The van der Waals surface area contributed by atoms with E-state index in [0.717, 1.165) is 12.1 Å². The third-order valence-corrected chi connectivity index (χ3v) is 3.95. The van der Waals surface area contributed by atoms with Gasteiger partial charge in [-0.15, -0.1) is 0 Å². The van der Waals surface area contributed by atoms with Crippen molar-refractivity contribution in [3.63, 3.8) is 0 Å².